The number of benzene rings is 1. The Morgan fingerprint density at radius 2 is 1.74 bits per heavy atom. The van der Waals surface area contributed by atoms with Crippen LogP contribution in [-0.2, 0) is 26.7 Å². The standard InChI is InChI=1S/C16H26FN3O5S2/c1-14(2,3)26(23)19-16(6,10-27(24,25)15(4,5)18)12-9-11(20(21)22)7-8-13(12)17/h7-9,19H,10,18H2,1-6H3/t16-,26-/m1/s1. The van der Waals surface area contributed by atoms with E-state index in [0.717, 1.165) is 18.2 Å². The lowest BCUT2D eigenvalue weighted by molar-refractivity contribution is -0.385. The maximum Gasteiger partial charge on any atom is 0.269 e. The molecule has 0 spiro atoms. The van der Waals surface area contributed by atoms with Crippen molar-refractivity contribution < 1.29 is 22.3 Å². The second-order valence-corrected chi connectivity index (χ2v) is 12.6. The van der Waals surface area contributed by atoms with Gasteiger partial charge in [-0.3, -0.25) is 10.1 Å². The molecular weight excluding hydrogens is 397 g/mol. The van der Waals surface area contributed by atoms with Gasteiger partial charge in [0.1, 0.15) is 21.0 Å². The summed E-state index contributed by atoms with van der Waals surface area (Å²) in [5, 5.41) is 11.1. The van der Waals surface area contributed by atoms with Crippen LogP contribution in [0, 0.1) is 15.9 Å². The van der Waals surface area contributed by atoms with Crippen molar-refractivity contribution in [3.8, 4) is 0 Å². The fourth-order valence-corrected chi connectivity index (χ4v) is 4.48. The van der Waals surface area contributed by atoms with E-state index in [0.29, 0.717) is 0 Å². The Morgan fingerprint density at radius 1 is 1.22 bits per heavy atom. The highest BCUT2D eigenvalue weighted by molar-refractivity contribution is 7.93. The van der Waals surface area contributed by atoms with Crippen molar-refractivity contribution in [2.45, 2.75) is 56.7 Å². The average Bonchev–Trinajstić information content (AvgIpc) is 2.44. The number of sulfone groups is 1. The summed E-state index contributed by atoms with van der Waals surface area (Å²) in [6.07, 6.45) is 0. The molecule has 0 bridgehead atoms. The molecule has 11 heteroatoms. The fraction of sp³-hybridized carbons (Fsp3) is 0.625. The Kier molecular flexibility index (Phi) is 6.71. The monoisotopic (exact) mass is 423 g/mol. The largest absolute Gasteiger partial charge is 0.598 e. The molecule has 0 aromatic heterocycles. The summed E-state index contributed by atoms with van der Waals surface area (Å²) < 4.78 is 54.4. The number of non-ortho nitro benzene ring substituents is 1. The van der Waals surface area contributed by atoms with E-state index in [1.165, 1.54) is 20.8 Å². The summed E-state index contributed by atoms with van der Waals surface area (Å²) in [5.74, 6) is -1.56. The molecule has 1 rings (SSSR count). The minimum Gasteiger partial charge on any atom is -0.598 e. The average molecular weight is 424 g/mol. The van der Waals surface area contributed by atoms with Gasteiger partial charge in [0.25, 0.3) is 5.69 Å². The predicted octanol–water partition coefficient (Wildman–Crippen LogP) is 2.11. The molecule has 0 aliphatic carbocycles. The smallest absolute Gasteiger partial charge is 0.269 e. The van der Waals surface area contributed by atoms with Crippen LogP contribution >= 0.6 is 0 Å². The topological polar surface area (TPSA) is 138 Å². The summed E-state index contributed by atoms with van der Waals surface area (Å²) >= 11 is -1.79. The molecule has 0 unspecified atom stereocenters. The van der Waals surface area contributed by atoms with E-state index in [1.807, 2.05) is 0 Å². The van der Waals surface area contributed by atoms with Crippen LogP contribution in [-0.4, -0.2) is 33.3 Å². The maximum absolute atomic E-state index is 14.6. The molecule has 0 radical (unpaired) electrons. The summed E-state index contributed by atoms with van der Waals surface area (Å²) in [4.78, 5) is 8.72. The molecule has 154 valence electrons. The molecule has 0 fully saturated rings. The predicted molar refractivity (Wildman–Crippen MR) is 103 cm³/mol. The zero-order valence-corrected chi connectivity index (χ0v) is 17.8. The molecule has 1 aromatic rings. The summed E-state index contributed by atoms with van der Waals surface area (Å²) in [6.45, 7) is 8.87. The van der Waals surface area contributed by atoms with Crippen molar-refractivity contribution in [3.63, 3.8) is 0 Å². The van der Waals surface area contributed by atoms with Crippen LogP contribution in [0.5, 0.6) is 0 Å². The summed E-state index contributed by atoms with van der Waals surface area (Å²) in [7, 11) is -4.00. The van der Waals surface area contributed by atoms with E-state index in [2.05, 4.69) is 4.72 Å². The number of nitrogens with two attached hydrogens (primary N) is 1. The summed E-state index contributed by atoms with van der Waals surface area (Å²) in [5.41, 5.74) is 3.33. The van der Waals surface area contributed by atoms with E-state index in [9.17, 15) is 27.5 Å². The van der Waals surface area contributed by atoms with Crippen LogP contribution in [0.25, 0.3) is 0 Å². The number of nitro groups is 1. The van der Waals surface area contributed by atoms with Gasteiger partial charge in [-0.2, -0.15) is 0 Å². The quantitative estimate of drug-likeness (QED) is 0.389. The van der Waals surface area contributed by atoms with Crippen LogP contribution in [0.2, 0.25) is 0 Å². The number of nitrogens with one attached hydrogen (secondary N) is 1. The lowest BCUT2D eigenvalue weighted by Crippen LogP contribution is -2.56. The molecule has 2 atom stereocenters. The molecule has 0 aliphatic rings. The lowest BCUT2D eigenvalue weighted by atomic mass is 9.94. The minimum atomic E-state index is -4.00. The van der Waals surface area contributed by atoms with Crippen molar-refractivity contribution in [2.75, 3.05) is 5.75 Å². The van der Waals surface area contributed by atoms with Gasteiger partial charge in [-0.25, -0.2) is 12.8 Å². The highest BCUT2D eigenvalue weighted by Crippen LogP contribution is 2.33. The van der Waals surface area contributed by atoms with Crippen LogP contribution < -0.4 is 10.5 Å². The van der Waals surface area contributed by atoms with E-state index < -0.39 is 58.5 Å². The number of nitro benzene ring substituents is 1. The highest BCUT2D eigenvalue weighted by atomic mass is 32.2. The van der Waals surface area contributed by atoms with Crippen molar-refractivity contribution in [2.24, 2.45) is 5.73 Å². The van der Waals surface area contributed by atoms with Gasteiger partial charge in [-0.15, -0.1) is 4.72 Å². The Hall–Kier alpha value is -1.27. The SMILES string of the molecule is CC(C)(C)[S@@+]([O-])N[C@](C)(CS(=O)(=O)C(C)(C)N)c1cc([N+](=O)[O-])ccc1F. The first-order valence-electron chi connectivity index (χ1n) is 8.06. The second-order valence-electron chi connectivity index (χ2n) is 8.10. The van der Waals surface area contributed by atoms with Crippen molar-refractivity contribution >= 4 is 26.9 Å². The Labute approximate surface area is 162 Å². The molecule has 27 heavy (non-hydrogen) atoms. The number of nitrogens with zero attached hydrogens (tertiary/aromatic N) is 1. The molecular formula is C16H26FN3O5S2. The van der Waals surface area contributed by atoms with E-state index in [1.54, 1.807) is 20.8 Å². The van der Waals surface area contributed by atoms with Gasteiger partial charge in [0.05, 0.1) is 10.7 Å². The molecule has 0 heterocycles. The van der Waals surface area contributed by atoms with Crippen LogP contribution in [0.4, 0.5) is 10.1 Å². The van der Waals surface area contributed by atoms with E-state index >= 15 is 0 Å². The van der Waals surface area contributed by atoms with Gasteiger partial charge in [-0.05, 0) is 47.6 Å². The second kappa shape index (κ2) is 7.63. The molecule has 3 N–H and O–H groups in total. The number of halogens is 1. The van der Waals surface area contributed by atoms with Crippen LogP contribution in [0.15, 0.2) is 18.2 Å². The van der Waals surface area contributed by atoms with E-state index in [4.69, 9.17) is 5.73 Å². The first-order valence-corrected chi connectivity index (χ1v) is 10.9. The maximum atomic E-state index is 14.6. The van der Waals surface area contributed by atoms with Gasteiger partial charge in [0.15, 0.2) is 9.84 Å². The zero-order chi connectivity index (χ0) is 21.4. The molecule has 1 aromatic carbocycles. The number of rotatable bonds is 7. The third-order valence-corrected chi connectivity index (χ3v) is 8.22. The van der Waals surface area contributed by atoms with Gasteiger partial charge in [0, 0.05) is 29.1 Å². The molecule has 0 saturated carbocycles. The van der Waals surface area contributed by atoms with Gasteiger partial charge < -0.3 is 10.3 Å². The summed E-state index contributed by atoms with van der Waals surface area (Å²) in [6, 6.07) is 2.80. The third kappa shape index (κ3) is 5.61. The fourth-order valence-electron chi connectivity index (χ4n) is 2.14. The highest BCUT2D eigenvalue weighted by Gasteiger charge is 2.45. The molecule has 0 amide bonds. The molecule has 0 saturated heterocycles. The number of hydrogen-bond acceptors (Lipinski definition) is 7. The first kappa shape index (κ1) is 23.8. The molecule has 8 nitrogen and oxygen atoms in total. The Bertz CT molecular complexity index is 818. The Morgan fingerprint density at radius 3 is 2.15 bits per heavy atom. The van der Waals surface area contributed by atoms with Gasteiger partial charge >= 0.3 is 0 Å². The zero-order valence-electron chi connectivity index (χ0n) is 16.2. The van der Waals surface area contributed by atoms with Gasteiger partial charge in [-0.1, -0.05) is 0 Å². The van der Waals surface area contributed by atoms with Crippen molar-refractivity contribution in [1.82, 2.24) is 4.72 Å². The van der Waals surface area contributed by atoms with Crippen molar-refractivity contribution in [3.05, 3.63) is 39.7 Å². The normalized spacial score (nSPS) is 16.6. The lowest BCUT2D eigenvalue weighted by Gasteiger charge is -2.36. The van der Waals surface area contributed by atoms with Crippen LogP contribution in [0.3, 0.4) is 0 Å². The minimum absolute atomic E-state index is 0.276. The number of hydrogen-bond donors (Lipinski definition) is 2. The van der Waals surface area contributed by atoms with Crippen molar-refractivity contribution in [1.29, 1.82) is 0 Å². The van der Waals surface area contributed by atoms with E-state index in [-0.39, 0.29) is 5.56 Å². The third-order valence-electron chi connectivity index (χ3n) is 3.91. The first-order chi connectivity index (χ1) is 11.9. The Balaban J connectivity index is 3.60. The van der Waals surface area contributed by atoms with Gasteiger partial charge in [0.2, 0.25) is 0 Å². The molecule has 0 aliphatic heterocycles. The van der Waals surface area contributed by atoms with Crippen LogP contribution in [0.1, 0.15) is 47.1 Å².